The predicted octanol–water partition coefficient (Wildman–Crippen LogP) is 1.58. The van der Waals surface area contributed by atoms with Gasteiger partial charge in [-0.05, 0) is 25.3 Å². The van der Waals surface area contributed by atoms with Gasteiger partial charge in [0.2, 0.25) is 15.9 Å². The van der Waals surface area contributed by atoms with Crippen molar-refractivity contribution in [2.75, 3.05) is 26.2 Å². The van der Waals surface area contributed by atoms with Gasteiger partial charge in [0.1, 0.15) is 0 Å². The van der Waals surface area contributed by atoms with Crippen molar-refractivity contribution in [2.45, 2.75) is 50.4 Å². The number of sulfonamides is 1. The smallest absolute Gasteiger partial charge is 0.240 e. The lowest BCUT2D eigenvalue weighted by molar-refractivity contribution is -0.134. The topological polar surface area (TPSA) is 69.7 Å². The van der Waals surface area contributed by atoms with E-state index in [9.17, 15) is 13.2 Å². The van der Waals surface area contributed by atoms with E-state index in [2.05, 4.69) is 21.8 Å². The van der Waals surface area contributed by atoms with E-state index in [1.807, 2.05) is 18.2 Å². The van der Waals surface area contributed by atoms with Crippen LogP contribution in [0.2, 0.25) is 0 Å². The standard InChI is InChI=1S/C19H29N3O3S/c1-16(20-26(24,25)18-9-5-6-10-18)19(23)22-13-11-21(12-14-22)15-17-7-3-2-4-8-17/h2-4,7-8,16,18,20H,5-6,9-15H2,1H3/t16-/m1/s1. The van der Waals surface area contributed by atoms with Gasteiger partial charge in [-0.25, -0.2) is 13.1 Å². The molecule has 0 unspecified atom stereocenters. The lowest BCUT2D eigenvalue weighted by atomic mass is 10.2. The molecule has 1 N–H and O–H groups in total. The Hall–Kier alpha value is -1.44. The van der Waals surface area contributed by atoms with Crippen LogP contribution in [0.4, 0.5) is 0 Å². The van der Waals surface area contributed by atoms with Crippen molar-refractivity contribution in [3.63, 3.8) is 0 Å². The van der Waals surface area contributed by atoms with Gasteiger partial charge in [-0.3, -0.25) is 9.69 Å². The molecule has 1 heterocycles. The van der Waals surface area contributed by atoms with Crippen molar-refractivity contribution in [3.8, 4) is 0 Å². The third-order valence-corrected chi connectivity index (χ3v) is 7.42. The second-order valence-electron chi connectivity index (χ2n) is 7.38. The molecule has 6 nitrogen and oxygen atoms in total. The molecule has 1 aromatic rings. The number of benzene rings is 1. The largest absolute Gasteiger partial charge is 0.339 e. The number of hydrogen-bond acceptors (Lipinski definition) is 4. The number of amides is 1. The molecule has 0 spiro atoms. The molecule has 2 fully saturated rings. The van der Waals surface area contributed by atoms with Crippen LogP contribution in [-0.4, -0.2) is 61.6 Å². The van der Waals surface area contributed by atoms with Gasteiger partial charge < -0.3 is 4.90 Å². The fraction of sp³-hybridized carbons (Fsp3) is 0.632. The van der Waals surface area contributed by atoms with Crippen LogP contribution in [0.15, 0.2) is 30.3 Å². The Morgan fingerprint density at radius 2 is 1.73 bits per heavy atom. The lowest BCUT2D eigenvalue weighted by Gasteiger charge is -2.36. The van der Waals surface area contributed by atoms with Gasteiger partial charge in [0.05, 0.1) is 11.3 Å². The highest BCUT2D eigenvalue weighted by Gasteiger charge is 2.33. The van der Waals surface area contributed by atoms with Crippen molar-refractivity contribution in [1.29, 1.82) is 0 Å². The molecular weight excluding hydrogens is 350 g/mol. The first-order valence-corrected chi connectivity index (χ1v) is 11.1. The zero-order valence-electron chi connectivity index (χ0n) is 15.4. The van der Waals surface area contributed by atoms with Gasteiger partial charge in [0.25, 0.3) is 0 Å². The number of piperazine rings is 1. The summed E-state index contributed by atoms with van der Waals surface area (Å²) in [4.78, 5) is 16.7. The third-order valence-electron chi connectivity index (χ3n) is 5.39. The molecule has 1 aliphatic heterocycles. The van der Waals surface area contributed by atoms with Crippen molar-refractivity contribution < 1.29 is 13.2 Å². The molecule has 0 aromatic heterocycles. The molecule has 0 bridgehead atoms. The highest BCUT2D eigenvalue weighted by molar-refractivity contribution is 7.90. The number of nitrogens with one attached hydrogen (secondary N) is 1. The Morgan fingerprint density at radius 3 is 2.35 bits per heavy atom. The average Bonchev–Trinajstić information content (AvgIpc) is 3.18. The molecule has 1 atom stereocenters. The summed E-state index contributed by atoms with van der Waals surface area (Å²) in [5.74, 6) is -0.120. The van der Waals surface area contributed by atoms with Gasteiger partial charge in [-0.1, -0.05) is 43.2 Å². The van der Waals surface area contributed by atoms with E-state index in [0.717, 1.165) is 32.5 Å². The second-order valence-corrected chi connectivity index (χ2v) is 9.37. The van der Waals surface area contributed by atoms with Crippen LogP contribution in [0.1, 0.15) is 38.2 Å². The van der Waals surface area contributed by atoms with Gasteiger partial charge in [0.15, 0.2) is 0 Å². The number of nitrogens with zero attached hydrogens (tertiary/aromatic N) is 2. The minimum absolute atomic E-state index is 0.120. The zero-order valence-corrected chi connectivity index (χ0v) is 16.2. The van der Waals surface area contributed by atoms with Gasteiger partial charge in [-0.2, -0.15) is 0 Å². The van der Waals surface area contributed by atoms with E-state index in [-0.39, 0.29) is 11.2 Å². The van der Waals surface area contributed by atoms with Crippen LogP contribution >= 0.6 is 0 Å². The van der Waals surface area contributed by atoms with E-state index in [1.165, 1.54) is 5.56 Å². The van der Waals surface area contributed by atoms with Crippen molar-refractivity contribution in [2.24, 2.45) is 0 Å². The monoisotopic (exact) mass is 379 g/mol. The molecule has 26 heavy (non-hydrogen) atoms. The minimum Gasteiger partial charge on any atom is -0.339 e. The van der Waals surface area contributed by atoms with Crippen molar-refractivity contribution >= 4 is 15.9 Å². The Kier molecular flexibility index (Phi) is 6.32. The minimum atomic E-state index is -3.40. The summed E-state index contributed by atoms with van der Waals surface area (Å²) >= 11 is 0. The summed E-state index contributed by atoms with van der Waals surface area (Å²) in [5.41, 5.74) is 1.27. The molecule has 1 aliphatic carbocycles. The maximum atomic E-state index is 12.6. The summed E-state index contributed by atoms with van der Waals surface area (Å²) in [7, 11) is -3.40. The molecule has 1 amide bonds. The molecule has 144 valence electrons. The van der Waals surface area contributed by atoms with Crippen LogP contribution in [0.25, 0.3) is 0 Å². The summed E-state index contributed by atoms with van der Waals surface area (Å²) in [6, 6.07) is 9.60. The number of carbonyl (C=O) groups is 1. The van der Waals surface area contributed by atoms with Crippen molar-refractivity contribution in [1.82, 2.24) is 14.5 Å². The number of rotatable bonds is 6. The van der Waals surface area contributed by atoms with Crippen LogP contribution in [-0.2, 0) is 21.4 Å². The fourth-order valence-electron chi connectivity index (χ4n) is 3.83. The first-order chi connectivity index (χ1) is 12.5. The maximum absolute atomic E-state index is 12.6. The second kappa shape index (κ2) is 8.50. The van der Waals surface area contributed by atoms with Gasteiger partial charge in [-0.15, -0.1) is 0 Å². The quantitative estimate of drug-likeness (QED) is 0.815. The fourth-order valence-corrected chi connectivity index (χ4v) is 5.57. The molecule has 7 heteroatoms. The van der Waals surface area contributed by atoms with Crippen LogP contribution in [0.5, 0.6) is 0 Å². The Labute approximate surface area is 156 Å². The van der Waals surface area contributed by atoms with E-state index in [0.29, 0.717) is 25.9 Å². The molecule has 0 radical (unpaired) electrons. The van der Waals surface area contributed by atoms with E-state index in [1.54, 1.807) is 11.8 Å². The van der Waals surface area contributed by atoms with Crippen LogP contribution < -0.4 is 4.72 Å². The third kappa shape index (κ3) is 4.84. The van der Waals surface area contributed by atoms with Gasteiger partial charge in [0, 0.05) is 32.7 Å². The predicted molar refractivity (Wildman–Crippen MR) is 102 cm³/mol. The number of hydrogen-bond donors (Lipinski definition) is 1. The molecule has 1 aromatic carbocycles. The Balaban J connectivity index is 1.48. The molecule has 2 aliphatic rings. The molecule has 1 saturated heterocycles. The first-order valence-electron chi connectivity index (χ1n) is 9.52. The normalized spacial score (nSPS) is 21.0. The first kappa shape index (κ1) is 19.3. The molecule has 3 rings (SSSR count). The van der Waals surface area contributed by atoms with Gasteiger partial charge >= 0.3 is 0 Å². The number of carbonyl (C=O) groups excluding carboxylic acids is 1. The Morgan fingerprint density at radius 1 is 1.12 bits per heavy atom. The highest BCUT2D eigenvalue weighted by atomic mass is 32.2. The van der Waals surface area contributed by atoms with Crippen LogP contribution in [0.3, 0.4) is 0 Å². The lowest BCUT2D eigenvalue weighted by Crippen LogP contribution is -2.54. The summed E-state index contributed by atoms with van der Waals surface area (Å²) in [6.07, 6.45) is 3.32. The Bertz CT molecular complexity index is 694. The average molecular weight is 380 g/mol. The van der Waals surface area contributed by atoms with E-state index < -0.39 is 16.1 Å². The summed E-state index contributed by atoms with van der Waals surface area (Å²) in [6.45, 7) is 5.44. The molecule has 1 saturated carbocycles. The van der Waals surface area contributed by atoms with Crippen molar-refractivity contribution in [3.05, 3.63) is 35.9 Å². The molecular formula is C19H29N3O3S. The van der Waals surface area contributed by atoms with E-state index >= 15 is 0 Å². The SMILES string of the molecule is C[C@@H](NS(=O)(=O)C1CCCC1)C(=O)N1CCN(Cc2ccccc2)CC1. The van der Waals surface area contributed by atoms with Crippen LogP contribution in [0, 0.1) is 0 Å². The summed E-state index contributed by atoms with van der Waals surface area (Å²) < 4.78 is 27.4. The maximum Gasteiger partial charge on any atom is 0.240 e. The zero-order chi connectivity index (χ0) is 18.6. The van der Waals surface area contributed by atoms with E-state index in [4.69, 9.17) is 0 Å². The summed E-state index contributed by atoms with van der Waals surface area (Å²) in [5, 5.41) is -0.333. The highest BCUT2D eigenvalue weighted by Crippen LogP contribution is 2.24.